The quantitative estimate of drug-likeness (QED) is 0.697. The molecule has 5 nitrogen and oxygen atoms in total. The monoisotopic (exact) mass is 214 g/mol. The number of carbonyl (C=O) groups excluding carboxylic acids is 1. The number of hydrogen-bond acceptors (Lipinski definition) is 3. The zero-order chi connectivity index (χ0) is 11.6. The fourth-order valence-electron chi connectivity index (χ4n) is 1.99. The van der Waals surface area contributed by atoms with Crippen LogP contribution in [-0.2, 0) is 9.59 Å². The van der Waals surface area contributed by atoms with E-state index < -0.39 is 12.0 Å². The minimum atomic E-state index is -0.945. The Balaban J connectivity index is 2.72. The van der Waals surface area contributed by atoms with Crippen LogP contribution in [0.2, 0.25) is 0 Å². The van der Waals surface area contributed by atoms with E-state index in [1.807, 2.05) is 20.8 Å². The second kappa shape index (κ2) is 4.61. The predicted octanol–water partition coefficient (Wildman–Crippen LogP) is 0.0584. The molecule has 0 aliphatic carbocycles. The normalized spacial score (nSPS) is 27.2. The maximum atomic E-state index is 11.9. The van der Waals surface area contributed by atoms with Gasteiger partial charge in [0.2, 0.25) is 5.91 Å². The number of hydrogen-bond donors (Lipinski definition) is 2. The van der Waals surface area contributed by atoms with Gasteiger partial charge in [-0.1, -0.05) is 0 Å². The highest BCUT2D eigenvalue weighted by atomic mass is 16.4. The fourth-order valence-corrected chi connectivity index (χ4v) is 1.99. The molecule has 1 aliphatic heterocycles. The zero-order valence-electron chi connectivity index (χ0n) is 9.36. The van der Waals surface area contributed by atoms with Gasteiger partial charge in [0.15, 0.2) is 0 Å². The van der Waals surface area contributed by atoms with Crippen molar-refractivity contribution in [1.29, 1.82) is 0 Å². The molecule has 0 aromatic carbocycles. The first kappa shape index (κ1) is 12.0. The molecule has 2 atom stereocenters. The lowest BCUT2D eigenvalue weighted by atomic mass is 10.0. The topological polar surface area (TPSA) is 69.6 Å². The van der Waals surface area contributed by atoms with Crippen LogP contribution in [0, 0.1) is 0 Å². The van der Waals surface area contributed by atoms with Crippen LogP contribution in [0.1, 0.15) is 27.2 Å². The summed E-state index contributed by atoms with van der Waals surface area (Å²) in [5, 5.41) is 11.6. The summed E-state index contributed by atoms with van der Waals surface area (Å²) in [4.78, 5) is 24.2. The highest BCUT2D eigenvalue weighted by Gasteiger charge is 2.35. The van der Waals surface area contributed by atoms with Gasteiger partial charge in [-0.3, -0.25) is 9.59 Å². The fraction of sp³-hybridized carbons (Fsp3) is 0.800. The third kappa shape index (κ3) is 2.68. The number of carbonyl (C=O) groups is 2. The van der Waals surface area contributed by atoms with E-state index in [1.54, 1.807) is 4.90 Å². The maximum Gasteiger partial charge on any atom is 0.305 e. The van der Waals surface area contributed by atoms with Crippen molar-refractivity contribution in [2.24, 2.45) is 0 Å². The van der Waals surface area contributed by atoms with Gasteiger partial charge in [0.05, 0.1) is 12.5 Å². The molecule has 0 bridgehead atoms. The molecule has 1 fully saturated rings. The molecule has 86 valence electrons. The van der Waals surface area contributed by atoms with Gasteiger partial charge in [0, 0.05) is 18.6 Å². The number of amides is 1. The van der Waals surface area contributed by atoms with Crippen LogP contribution in [0.25, 0.3) is 0 Å². The van der Waals surface area contributed by atoms with Gasteiger partial charge in [0.25, 0.3) is 0 Å². The van der Waals surface area contributed by atoms with Crippen LogP contribution >= 0.6 is 0 Å². The summed E-state index contributed by atoms with van der Waals surface area (Å²) in [5.41, 5.74) is 0. The first-order valence-electron chi connectivity index (χ1n) is 5.20. The number of nitrogens with zero attached hydrogens (tertiary/aromatic N) is 1. The second-order valence-electron chi connectivity index (χ2n) is 4.25. The van der Waals surface area contributed by atoms with Crippen molar-refractivity contribution in [1.82, 2.24) is 10.2 Å². The van der Waals surface area contributed by atoms with Crippen molar-refractivity contribution in [3.63, 3.8) is 0 Å². The van der Waals surface area contributed by atoms with Crippen LogP contribution in [-0.4, -0.2) is 46.6 Å². The molecule has 1 rings (SSSR count). The van der Waals surface area contributed by atoms with Gasteiger partial charge in [-0.2, -0.15) is 0 Å². The standard InChI is InChI=1S/C10H18N2O3/c1-6(2)12-7(3)5-11-8(10(12)15)4-9(13)14/h6-8,11H,4-5H2,1-3H3,(H,13,14). The van der Waals surface area contributed by atoms with E-state index in [9.17, 15) is 9.59 Å². The number of aliphatic carboxylic acids is 1. The molecule has 1 aliphatic rings. The predicted molar refractivity (Wildman–Crippen MR) is 55.5 cm³/mol. The van der Waals surface area contributed by atoms with E-state index >= 15 is 0 Å². The minimum Gasteiger partial charge on any atom is -0.481 e. The van der Waals surface area contributed by atoms with Crippen LogP contribution in [0.4, 0.5) is 0 Å². The Bertz CT molecular complexity index is 265. The molecular formula is C10H18N2O3. The van der Waals surface area contributed by atoms with Crippen molar-refractivity contribution in [3.05, 3.63) is 0 Å². The summed E-state index contributed by atoms with van der Waals surface area (Å²) in [7, 11) is 0. The van der Waals surface area contributed by atoms with Gasteiger partial charge in [-0.15, -0.1) is 0 Å². The number of rotatable bonds is 3. The maximum absolute atomic E-state index is 11.9. The number of nitrogens with one attached hydrogen (secondary N) is 1. The van der Waals surface area contributed by atoms with Gasteiger partial charge >= 0.3 is 5.97 Å². The average Bonchev–Trinajstić information content (AvgIpc) is 2.09. The molecule has 1 heterocycles. The third-order valence-electron chi connectivity index (χ3n) is 2.62. The summed E-state index contributed by atoms with van der Waals surface area (Å²) in [6.45, 7) is 6.50. The second-order valence-corrected chi connectivity index (χ2v) is 4.25. The van der Waals surface area contributed by atoms with Crippen LogP contribution in [0.15, 0.2) is 0 Å². The molecule has 0 aromatic rings. The Labute approximate surface area is 89.4 Å². The zero-order valence-corrected chi connectivity index (χ0v) is 9.36. The molecule has 0 saturated carbocycles. The molecule has 15 heavy (non-hydrogen) atoms. The largest absolute Gasteiger partial charge is 0.481 e. The summed E-state index contributed by atoms with van der Waals surface area (Å²) in [5.74, 6) is -1.05. The Hall–Kier alpha value is -1.10. The Morgan fingerprint density at radius 3 is 2.73 bits per heavy atom. The van der Waals surface area contributed by atoms with Crippen molar-refractivity contribution < 1.29 is 14.7 Å². The van der Waals surface area contributed by atoms with Crippen LogP contribution in [0.5, 0.6) is 0 Å². The SMILES string of the molecule is CC(C)N1C(=O)C(CC(=O)O)NCC1C. The van der Waals surface area contributed by atoms with Gasteiger partial charge < -0.3 is 15.3 Å². The van der Waals surface area contributed by atoms with E-state index in [-0.39, 0.29) is 24.4 Å². The highest BCUT2D eigenvalue weighted by Crippen LogP contribution is 2.14. The molecule has 2 unspecified atom stereocenters. The Morgan fingerprint density at radius 1 is 1.67 bits per heavy atom. The minimum absolute atomic E-state index is 0.105. The summed E-state index contributed by atoms with van der Waals surface area (Å²) in [6, 6.07) is -0.325. The first-order valence-corrected chi connectivity index (χ1v) is 5.20. The Morgan fingerprint density at radius 2 is 2.27 bits per heavy atom. The van der Waals surface area contributed by atoms with Crippen molar-refractivity contribution >= 4 is 11.9 Å². The van der Waals surface area contributed by atoms with E-state index in [0.29, 0.717) is 6.54 Å². The summed E-state index contributed by atoms with van der Waals surface area (Å²) in [6.07, 6.45) is -0.144. The molecule has 1 amide bonds. The van der Waals surface area contributed by atoms with Crippen LogP contribution < -0.4 is 5.32 Å². The van der Waals surface area contributed by atoms with E-state index in [1.165, 1.54) is 0 Å². The number of piperazine rings is 1. The van der Waals surface area contributed by atoms with E-state index in [4.69, 9.17) is 5.11 Å². The molecule has 5 heteroatoms. The van der Waals surface area contributed by atoms with Crippen LogP contribution in [0.3, 0.4) is 0 Å². The molecule has 0 radical (unpaired) electrons. The van der Waals surface area contributed by atoms with Gasteiger partial charge in [0.1, 0.15) is 0 Å². The van der Waals surface area contributed by atoms with Gasteiger partial charge in [-0.25, -0.2) is 0 Å². The summed E-state index contributed by atoms with van der Waals surface area (Å²) < 4.78 is 0. The van der Waals surface area contributed by atoms with Gasteiger partial charge in [-0.05, 0) is 20.8 Å². The van der Waals surface area contributed by atoms with Crippen molar-refractivity contribution in [2.75, 3.05) is 6.54 Å². The molecule has 2 N–H and O–H groups in total. The lowest BCUT2D eigenvalue weighted by Gasteiger charge is -2.40. The number of carboxylic acids is 1. The first-order chi connectivity index (χ1) is 6.93. The average molecular weight is 214 g/mol. The highest BCUT2D eigenvalue weighted by molar-refractivity contribution is 5.87. The molecule has 0 spiro atoms. The molecular weight excluding hydrogens is 196 g/mol. The third-order valence-corrected chi connectivity index (χ3v) is 2.62. The lowest BCUT2D eigenvalue weighted by Crippen LogP contribution is -2.61. The van der Waals surface area contributed by atoms with E-state index in [0.717, 1.165) is 0 Å². The molecule has 0 aromatic heterocycles. The number of carboxylic acid groups (broad SMARTS) is 1. The van der Waals surface area contributed by atoms with E-state index in [2.05, 4.69) is 5.32 Å². The van der Waals surface area contributed by atoms with Crippen molar-refractivity contribution in [2.45, 2.75) is 45.3 Å². The molecule has 1 saturated heterocycles. The smallest absolute Gasteiger partial charge is 0.305 e. The summed E-state index contributed by atoms with van der Waals surface area (Å²) >= 11 is 0. The Kier molecular flexibility index (Phi) is 3.68. The lowest BCUT2D eigenvalue weighted by molar-refractivity contribution is -0.146. The van der Waals surface area contributed by atoms with Crippen molar-refractivity contribution in [3.8, 4) is 0 Å².